The molecule has 0 saturated carbocycles. The zero-order valence-corrected chi connectivity index (χ0v) is 18.7. The fourth-order valence-corrected chi connectivity index (χ4v) is 4.03. The average Bonchev–Trinajstić information content (AvgIpc) is 3.39. The van der Waals surface area contributed by atoms with E-state index in [9.17, 15) is 14.4 Å². The van der Waals surface area contributed by atoms with Gasteiger partial charge in [0.15, 0.2) is 0 Å². The third-order valence-electron chi connectivity index (χ3n) is 6.09. The summed E-state index contributed by atoms with van der Waals surface area (Å²) in [6.07, 6.45) is 2.83. The maximum absolute atomic E-state index is 12.8. The van der Waals surface area contributed by atoms with Crippen molar-refractivity contribution in [2.75, 3.05) is 6.54 Å². The number of amides is 4. The maximum atomic E-state index is 12.8. The third kappa shape index (κ3) is 4.37. The average molecular weight is 446 g/mol. The molecule has 2 N–H and O–H groups in total. The second-order valence-electron chi connectivity index (χ2n) is 8.04. The van der Waals surface area contributed by atoms with E-state index in [1.165, 1.54) is 0 Å². The van der Waals surface area contributed by atoms with Crippen LogP contribution < -0.4 is 10.6 Å². The van der Waals surface area contributed by atoms with E-state index in [2.05, 4.69) is 10.6 Å². The van der Waals surface area contributed by atoms with Crippen LogP contribution in [0.25, 0.3) is 16.9 Å². The predicted molar refractivity (Wildman–Crippen MR) is 124 cm³/mol. The van der Waals surface area contributed by atoms with Gasteiger partial charge >= 0.3 is 6.03 Å². The number of nitrogens with zero attached hydrogens (tertiary/aromatic N) is 3. The second-order valence-corrected chi connectivity index (χ2v) is 8.04. The second kappa shape index (κ2) is 9.28. The fraction of sp³-hybridized carbons (Fsp3) is 0.280. The lowest BCUT2D eigenvalue weighted by atomic mass is 9.93. The van der Waals surface area contributed by atoms with Gasteiger partial charge in [-0.2, -0.15) is 5.10 Å². The molecule has 0 aliphatic carbocycles. The Morgan fingerprint density at radius 3 is 2.24 bits per heavy atom. The highest BCUT2D eigenvalue weighted by molar-refractivity contribution is 6.09. The van der Waals surface area contributed by atoms with Crippen molar-refractivity contribution in [1.82, 2.24) is 25.3 Å². The number of carbonyl (C=O) groups excluding carboxylic acids is 3. The minimum absolute atomic E-state index is 0.215. The number of para-hydroxylation sites is 1. The van der Waals surface area contributed by atoms with Gasteiger partial charge < -0.3 is 10.6 Å². The van der Waals surface area contributed by atoms with Crippen LogP contribution in [0.15, 0.2) is 66.9 Å². The summed E-state index contributed by atoms with van der Waals surface area (Å²) in [5, 5.41) is 10.3. The summed E-state index contributed by atoms with van der Waals surface area (Å²) in [7, 11) is 0. The largest absolute Gasteiger partial charge is 0.350 e. The first-order valence-electron chi connectivity index (χ1n) is 11.1. The molecule has 2 heterocycles. The molecule has 0 bridgehead atoms. The van der Waals surface area contributed by atoms with Gasteiger partial charge in [0.1, 0.15) is 12.1 Å². The molecule has 1 aliphatic heterocycles. The smallest absolute Gasteiger partial charge is 0.325 e. The summed E-state index contributed by atoms with van der Waals surface area (Å²) in [6.45, 7) is 3.59. The van der Waals surface area contributed by atoms with Crippen molar-refractivity contribution in [1.29, 1.82) is 0 Å². The minimum atomic E-state index is -0.922. The molecule has 4 rings (SSSR count). The molecule has 1 aliphatic rings. The molecule has 2 aromatic carbocycles. The summed E-state index contributed by atoms with van der Waals surface area (Å²) in [5.74, 6) is -0.762. The topological polar surface area (TPSA) is 96.3 Å². The van der Waals surface area contributed by atoms with Crippen molar-refractivity contribution in [3.8, 4) is 16.9 Å². The maximum Gasteiger partial charge on any atom is 0.325 e. The molecule has 1 aromatic heterocycles. The third-order valence-corrected chi connectivity index (χ3v) is 6.09. The predicted octanol–water partition coefficient (Wildman–Crippen LogP) is 3.27. The molecule has 3 aromatic rings. The molecule has 0 atom stereocenters. The van der Waals surface area contributed by atoms with E-state index >= 15 is 0 Å². The molecule has 0 radical (unpaired) electrons. The number of nitrogens with one attached hydrogen (secondary N) is 2. The van der Waals surface area contributed by atoms with Crippen LogP contribution in [0.5, 0.6) is 0 Å². The SMILES string of the molecule is CCC1(CC)NC(=O)N(CC(=O)NCc2cn(-c3ccccc3)nc2-c2ccccc2)C1=O. The number of hydrogen-bond donors (Lipinski definition) is 2. The van der Waals surface area contributed by atoms with Gasteiger partial charge in [0.05, 0.1) is 11.4 Å². The number of rotatable bonds is 8. The molecule has 0 unspecified atom stereocenters. The lowest BCUT2D eigenvalue weighted by Gasteiger charge is -2.23. The van der Waals surface area contributed by atoms with Gasteiger partial charge in [-0.1, -0.05) is 62.4 Å². The molecular formula is C25H27N5O3. The Labute approximate surface area is 192 Å². The van der Waals surface area contributed by atoms with Gasteiger partial charge in [0.2, 0.25) is 5.91 Å². The summed E-state index contributed by atoms with van der Waals surface area (Å²) >= 11 is 0. The van der Waals surface area contributed by atoms with Crippen LogP contribution in [-0.2, 0) is 16.1 Å². The number of urea groups is 1. The van der Waals surface area contributed by atoms with Crippen LogP contribution in [0, 0.1) is 0 Å². The monoisotopic (exact) mass is 445 g/mol. The lowest BCUT2D eigenvalue weighted by molar-refractivity contribution is -0.135. The first-order valence-corrected chi connectivity index (χ1v) is 11.1. The summed E-state index contributed by atoms with van der Waals surface area (Å²) in [4.78, 5) is 38.7. The Balaban J connectivity index is 1.51. The van der Waals surface area contributed by atoms with E-state index < -0.39 is 17.5 Å². The zero-order valence-electron chi connectivity index (χ0n) is 18.7. The van der Waals surface area contributed by atoms with E-state index in [-0.39, 0.29) is 19.0 Å². The summed E-state index contributed by atoms with van der Waals surface area (Å²) in [5.41, 5.74) is 2.50. The van der Waals surface area contributed by atoms with Crippen LogP contribution in [0.1, 0.15) is 32.3 Å². The molecule has 1 saturated heterocycles. The summed E-state index contributed by atoms with van der Waals surface area (Å²) in [6, 6.07) is 18.9. The minimum Gasteiger partial charge on any atom is -0.350 e. The summed E-state index contributed by atoms with van der Waals surface area (Å²) < 4.78 is 1.78. The van der Waals surface area contributed by atoms with Crippen molar-refractivity contribution in [2.24, 2.45) is 0 Å². The molecule has 8 nitrogen and oxygen atoms in total. The number of hydrogen-bond acceptors (Lipinski definition) is 4. The Bertz CT molecular complexity index is 1150. The Hall–Kier alpha value is -3.94. The highest BCUT2D eigenvalue weighted by Gasteiger charge is 2.49. The van der Waals surface area contributed by atoms with E-state index in [0.29, 0.717) is 12.8 Å². The number of aromatic nitrogens is 2. The van der Waals surface area contributed by atoms with Gasteiger partial charge in [0, 0.05) is 23.9 Å². The van der Waals surface area contributed by atoms with Gasteiger partial charge in [0.25, 0.3) is 5.91 Å². The fourth-order valence-electron chi connectivity index (χ4n) is 4.03. The molecule has 8 heteroatoms. The molecular weight excluding hydrogens is 418 g/mol. The van der Waals surface area contributed by atoms with Crippen LogP contribution in [0.3, 0.4) is 0 Å². The van der Waals surface area contributed by atoms with Gasteiger partial charge in [-0.05, 0) is 25.0 Å². The van der Waals surface area contributed by atoms with Gasteiger partial charge in [-0.15, -0.1) is 0 Å². The van der Waals surface area contributed by atoms with Crippen molar-refractivity contribution < 1.29 is 14.4 Å². The molecule has 33 heavy (non-hydrogen) atoms. The van der Waals surface area contributed by atoms with Crippen molar-refractivity contribution >= 4 is 17.8 Å². The van der Waals surface area contributed by atoms with Crippen molar-refractivity contribution in [2.45, 2.75) is 38.8 Å². The molecule has 170 valence electrons. The van der Waals surface area contributed by atoms with Crippen LogP contribution >= 0.6 is 0 Å². The lowest BCUT2D eigenvalue weighted by Crippen LogP contribution is -2.46. The van der Waals surface area contributed by atoms with Crippen molar-refractivity contribution in [3.05, 3.63) is 72.4 Å². The molecule has 4 amide bonds. The van der Waals surface area contributed by atoms with Crippen LogP contribution in [0.4, 0.5) is 4.79 Å². The van der Waals surface area contributed by atoms with Gasteiger partial charge in [-0.3, -0.25) is 14.5 Å². The van der Waals surface area contributed by atoms with Crippen molar-refractivity contribution in [3.63, 3.8) is 0 Å². The Morgan fingerprint density at radius 2 is 1.64 bits per heavy atom. The highest BCUT2D eigenvalue weighted by Crippen LogP contribution is 2.25. The normalized spacial score (nSPS) is 14.9. The first kappa shape index (κ1) is 22.3. The Morgan fingerprint density at radius 1 is 1.00 bits per heavy atom. The van der Waals surface area contributed by atoms with Crippen LogP contribution in [0.2, 0.25) is 0 Å². The number of imide groups is 1. The molecule has 1 fully saturated rings. The number of carbonyl (C=O) groups is 3. The first-order chi connectivity index (χ1) is 16.0. The van der Waals surface area contributed by atoms with Gasteiger partial charge in [-0.25, -0.2) is 9.48 Å². The quantitative estimate of drug-likeness (QED) is 0.520. The molecule has 0 spiro atoms. The van der Waals surface area contributed by atoms with E-state index in [0.717, 1.165) is 27.4 Å². The van der Waals surface area contributed by atoms with E-state index in [4.69, 9.17) is 5.10 Å². The van der Waals surface area contributed by atoms with Crippen LogP contribution in [-0.4, -0.2) is 44.6 Å². The zero-order chi connectivity index (χ0) is 23.4. The van der Waals surface area contributed by atoms with E-state index in [1.807, 2.05) is 80.7 Å². The number of benzene rings is 2. The van der Waals surface area contributed by atoms with E-state index in [1.54, 1.807) is 4.68 Å². The standard InChI is InChI=1S/C25H27N5O3/c1-3-25(4-2)23(32)29(24(33)27-25)17-21(31)26-15-19-16-30(20-13-9-6-10-14-20)28-22(19)18-11-7-5-8-12-18/h5-14,16H,3-4,15,17H2,1-2H3,(H,26,31)(H,27,33). The highest BCUT2D eigenvalue weighted by atomic mass is 16.2. The Kier molecular flexibility index (Phi) is 6.26.